The number of para-hydroxylation sites is 1. The molecule has 0 bridgehead atoms. The molecular weight excluding hydrogens is 240 g/mol. The first-order valence-electron chi connectivity index (χ1n) is 5.93. The first-order valence-corrected chi connectivity index (χ1v) is 6.75. The molecule has 1 aromatic heterocycles. The second kappa shape index (κ2) is 4.52. The van der Waals surface area contributed by atoms with Crippen LogP contribution in [0.25, 0.3) is 20.8 Å². The molecule has 0 radical (unpaired) electrons. The quantitative estimate of drug-likeness (QED) is 0.756. The Bertz CT molecular complexity index is 701. The zero-order valence-electron chi connectivity index (χ0n) is 10.2. The highest BCUT2D eigenvalue weighted by Crippen LogP contribution is 2.31. The molecule has 0 fully saturated rings. The van der Waals surface area contributed by atoms with Crippen molar-refractivity contribution in [2.45, 2.75) is 13.5 Å². The highest BCUT2D eigenvalue weighted by Gasteiger charge is 2.07. The van der Waals surface area contributed by atoms with Crippen LogP contribution in [0.15, 0.2) is 42.5 Å². The van der Waals surface area contributed by atoms with Gasteiger partial charge in [0.1, 0.15) is 5.01 Å². The van der Waals surface area contributed by atoms with Gasteiger partial charge in [0.25, 0.3) is 0 Å². The van der Waals surface area contributed by atoms with Crippen molar-refractivity contribution in [2.75, 3.05) is 0 Å². The summed E-state index contributed by atoms with van der Waals surface area (Å²) in [6.07, 6.45) is 0. The van der Waals surface area contributed by atoms with Crippen molar-refractivity contribution in [1.82, 2.24) is 4.98 Å². The number of aromatic nitrogens is 1. The number of hydrogen-bond acceptors (Lipinski definition) is 3. The Morgan fingerprint density at radius 3 is 2.78 bits per heavy atom. The van der Waals surface area contributed by atoms with Gasteiger partial charge < -0.3 is 5.73 Å². The molecule has 2 aromatic carbocycles. The van der Waals surface area contributed by atoms with Gasteiger partial charge >= 0.3 is 0 Å². The van der Waals surface area contributed by atoms with E-state index in [-0.39, 0.29) is 0 Å². The molecule has 90 valence electrons. The van der Waals surface area contributed by atoms with Crippen molar-refractivity contribution < 1.29 is 0 Å². The predicted molar refractivity (Wildman–Crippen MR) is 77.7 cm³/mol. The van der Waals surface area contributed by atoms with E-state index in [2.05, 4.69) is 37.3 Å². The molecule has 0 amide bonds. The van der Waals surface area contributed by atoms with Crippen LogP contribution >= 0.6 is 11.3 Å². The van der Waals surface area contributed by atoms with Gasteiger partial charge in [-0.25, -0.2) is 4.98 Å². The monoisotopic (exact) mass is 254 g/mol. The first-order chi connectivity index (χ1) is 8.78. The Balaban J connectivity index is 2.16. The Morgan fingerprint density at radius 1 is 1.17 bits per heavy atom. The molecule has 18 heavy (non-hydrogen) atoms. The lowest BCUT2D eigenvalue weighted by Gasteiger charge is -1.99. The van der Waals surface area contributed by atoms with Crippen LogP contribution in [0.3, 0.4) is 0 Å². The number of nitrogens with two attached hydrogens (primary N) is 1. The fourth-order valence-corrected chi connectivity index (χ4v) is 3.08. The maximum Gasteiger partial charge on any atom is 0.124 e. The Kier molecular flexibility index (Phi) is 2.86. The molecule has 0 spiro atoms. The van der Waals surface area contributed by atoms with E-state index in [4.69, 9.17) is 10.7 Å². The van der Waals surface area contributed by atoms with Crippen LogP contribution in [0.1, 0.15) is 11.1 Å². The molecule has 0 atom stereocenters. The summed E-state index contributed by atoms with van der Waals surface area (Å²) in [7, 11) is 0. The number of rotatable bonds is 2. The number of hydrogen-bond donors (Lipinski definition) is 1. The fraction of sp³-hybridized carbons (Fsp3) is 0.133. The summed E-state index contributed by atoms with van der Waals surface area (Å²) < 4.78 is 1.24. The number of nitrogens with zero attached hydrogens (tertiary/aromatic N) is 1. The SMILES string of the molecule is Cc1cccc2sc(-c3cccc(CN)c3)nc12. The summed E-state index contributed by atoms with van der Waals surface area (Å²) in [6, 6.07) is 14.6. The molecule has 2 N–H and O–H groups in total. The Morgan fingerprint density at radius 2 is 2.00 bits per heavy atom. The van der Waals surface area contributed by atoms with Gasteiger partial charge in [-0.15, -0.1) is 11.3 Å². The fourth-order valence-electron chi connectivity index (χ4n) is 2.04. The molecule has 2 nitrogen and oxygen atoms in total. The van der Waals surface area contributed by atoms with E-state index in [1.165, 1.54) is 10.3 Å². The van der Waals surface area contributed by atoms with Gasteiger partial charge in [0.2, 0.25) is 0 Å². The standard InChI is InChI=1S/C15H14N2S/c1-10-4-2-7-13-14(10)17-15(18-13)12-6-3-5-11(8-12)9-16/h2-8H,9,16H2,1H3. The predicted octanol–water partition coefficient (Wildman–Crippen LogP) is 3.73. The van der Waals surface area contributed by atoms with E-state index in [1.54, 1.807) is 11.3 Å². The number of thiazole rings is 1. The van der Waals surface area contributed by atoms with E-state index in [0.717, 1.165) is 21.7 Å². The molecular formula is C15H14N2S. The zero-order valence-corrected chi connectivity index (χ0v) is 11.0. The van der Waals surface area contributed by atoms with E-state index in [1.807, 2.05) is 12.1 Å². The molecule has 0 aliphatic heterocycles. The van der Waals surface area contributed by atoms with Crippen LogP contribution < -0.4 is 5.73 Å². The smallest absolute Gasteiger partial charge is 0.124 e. The molecule has 3 aromatic rings. The van der Waals surface area contributed by atoms with Gasteiger partial charge in [-0.3, -0.25) is 0 Å². The highest BCUT2D eigenvalue weighted by atomic mass is 32.1. The second-order valence-corrected chi connectivity index (χ2v) is 5.38. The normalized spacial score (nSPS) is 11.0. The van der Waals surface area contributed by atoms with Crippen molar-refractivity contribution in [3.8, 4) is 10.6 Å². The lowest BCUT2D eigenvalue weighted by atomic mass is 10.1. The lowest BCUT2D eigenvalue weighted by Crippen LogP contribution is -1.95. The van der Waals surface area contributed by atoms with Crippen LogP contribution in [0.4, 0.5) is 0 Å². The average molecular weight is 254 g/mol. The first kappa shape index (κ1) is 11.4. The summed E-state index contributed by atoms with van der Waals surface area (Å²) >= 11 is 1.73. The van der Waals surface area contributed by atoms with Crippen molar-refractivity contribution in [3.63, 3.8) is 0 Å². The van der Waals surface area contributed by atoms with Gasteiger partial charge in [-0.1, -0.05) is 30.3 Å². The maximum atomic E-state index is 5.68. The number of aryl methyl sites for hydroxylation is 1. The summed E-state index contributed by atoms with van der Waals surface area (Å²) in [5, 5.41) is 1.06. The Hall–Kier alpha value is -1.71. The van der Waals surface area contributed by atoms with Gasteiger partial charge in [0, 0.05) is 12.1 Å². The minimum Gasteiger partial charge on any atom is -0.326 e. The molecule has 0 saturated heterocycles. The molecule has 0 aliphatic rings. The van der Waals surface area contributed by atoms with Gasteiger partial charge in [0.05, 0.1) is 10.2 Å². The Labute approximate surface area is 110 Å². The third-order valence-electron chi connectivity index (χ3n) is 3.03. The van der Waals surface area contributed by atoms with Crippen LogP contribution in [0, 0.1) is 6.92 Å². The van der Waals surface area contributed by atoms with Crippen molar-refractivity contribution in [3.05, 3.63) is 53.6 Å². The van der Waals surface area contributed by atoms with E-state index in [9.17, 15) is 0 Å². The minimum atomic E-state index is 0.567. The topological polar surface area (TPSA) is 38.9 Å². The molecule has 3 heteroatoms. The molecule has 0 saturated carbocycles. The van der Waals surface area contributed by atoms with Crippen LogP contribution in [-0.2, 0) is 6.54 Å². The summed E-state index contributed by atoms with van der Waals surface area (Å²) in [4.78, 5) is 4.74. The number of fused-ring (bicyclic) bond motifs is 1. The third-order valence-corrected chi connectivity index (χ3v) is 4.10. The van der Waals surface area contributed by atoms with E-state index >= 15 is 0 Å². The van der Waals surface area contributed by atoms with Gasteiger partial charge in [0.15, 0.2) is 0 Å². The lowest BCUT2D eigenvalue weighted by molar-refractivity contribution is 1.07. The molecule has 1 heterocycles. The summed E-state index contributed by atoms with van der Waals surface area (Å²) in [6.45, 7) is 2.67. The van der Waals surface area contributed by atoms with Crippen molar-refractivity contribution in [1.29, 1.82) is 0 Å². The maximum absolute atomic E-state index is 5.68. The average Bonchev–Trinajstić information content (AvgIpc) is 2.84. The summed E-state index contributed by atoms with van der Waals surface area (Å²) in [5.41, 5.74) is 10.3. The van der Waals surface area contributed by atoms with Gasteiger partial charge in [-0.05, 0) is 30.2 Å². The van der Waals surface area contributed by atoms with Crippen molar-refractivity contribution >= 4 is 21.6 Å². The highest BCUT2D eigenvalue weighted by molar-refractivity contribution is 7.21. The van der Waals surface area contributed by atoms with Crippen LogP contribution in [0.2, 0.25) is 0 Å². The van der Waals surface area contributed by atoms with Crippen LogP contribution in [0.5, 0.6) is 0 Å². The third kappa shape index (κ3) is 1.92. The molecule has 0 unspecified atom stereocenters. The van der Waals surface area contributed by atoms with Crippen LogP contribution in [-0.4, -0.2) is 4.98 Å². The van der Waals surface area contributed by atoms with E-state index < -0.39 is 0 Å². The minimum absolute atomic E-state index is 0.567. The molecule has 0 aliphatic carbocycles. The summed E-state index contributed by atoms with van der Waals surface area (Å²) in [5.74, 6) is 0. The largest absolute Gasteiger partial charge is 0.326 e. The van der Waals surface area contributed by atoms with Crippen molar-refractivity contribution in [2.24, 2.45) is 5.73 Å². The second-order valence-electron chi connectivity index (χ2n) is 4.35. The zero-order chi connectivity index (χ0) is 12.5. The number of benzene rings is 2. The van der Waals surface area contributed by atoms with Gasteiger partial charge in [-0.2, -0.15) is 0 Å². The molecule has 3 rings (SSSR count). The van der Waals surface area contributed by atoms with E-state index in [0.29, 0.717) is 6.54 Å².